The number of hydrogen-bond donors (Lipinski definition) is 0. The number of nitrogens with zero attached hydrogens (tertiary/aromatic N) is 1. The summed E-state index contributed by atoms with van der Waals surface area (Å²) >= 11 is 0. The van der Waals surface area contributed by atoms with Gasteiger partial charge in [0.1, 0.15) is 0 Å². The number of cyclic esters (lactones) is 1. The Balaban J connectivity index is 1.48. The number of esters is 1. The van der Waals surface area contributed by atoms with Crippen molar-refractivity contribution < 1.29 is 14.3 Å². The lowest BCUT2D eigenvalue weighted by Gasteiger charge is -2.39. The first-order valence-corrected chi connectivity index (χ1v) is 7.60. The number of rotatable bonds is 2. The Kier molecular flexibility index (Phi) is 3.50. The number of hydrogen-bond acceptors (Lipinski definition) is 3. The van der Waals surface area contributed by atoms with Gasteiger partial charge in [0.05, 0.1) is 13.0 Å². The van der Waals surface area contributed by atoms with Gasteiger partial charge in [-0.1, -0.05) is 12.8 Å². The number of likely N-dealkylation sites (tertiary alicyclic amines) is 1. The molecule has 0 radical (unpaired) electrons. The van der Waals surface area contributed by atoms with Gasteiger partial charge in [-0.15, -0.1) is 0 Å². The van der Waals surface area contributed by atoms with Crippen molar-refractivity contribution in [1.82, 2.24) is 4.90 Å². The summed E-state index contributed by atoms with van der Waals surface area (Å²) in [6.07, 6.45) is 8.73. The maximum atomic E-state index is 12.2. The molecule has 2 heterocycles. The second-order valence-electron chi connectivity index (χ2n) is 6.55. The topological polar surface area (TPSA) is 46.6 Å². The molecule has 0 aromatic carbocycles. The van der Waals surface area contributed by atoms with E-state index in [1.165, 1.54) is 38.5 Å². The minimum Gasteiger partial charge on any atom is -0.465 e. The van der Waals surface area contributed by atoms with Crippen LogP contribution in [0.4, 0.5) is 0 Å². The van der Waals surface area contributed by atoms with Gasteiger partial charge in [0, 0.05) is 25.4 Å². The van der Waals surface area contributed by atoms with Gasteiger partial charge in [0.15, 0.2) is 0 Å². The number of ether oxygens (including phenoxy) is 1. The Morgan fingerprint density at radius 3 is 2.47 bits per heavy atom. The van der Waals surface area contributed by atoms with E-state index in [2.05, 4.69) is 0 Å². The van der Waals surface area contributed by atoms with E-state index in [0.29, 0.717) is 24.9 Å². The van der Waals surface area contributed by atoms with E-state index in [-0.39, 0.29) is 17.8 Å². The molecule has 4 heteroatoms. The molecule has 3 fully saturated rings. The molecule has 1 amide bonds. The first kappa shape index (κ1) is 12.9. The fraction of sp³-hybridized carbons (Fsp3) is 0.867. The van der Waals surface area contributed by atoms with Gasteiger partial charge in [-0.3, -0.25) is 9.59 Å². The maximum Gasteiger partial charge on any atom is 0.306 e. The minimum absolute atomic E-state index is 0.113. The summed E-state index contributed by atoms with van der Waals surface area (Å²) in [6.45, 7) is 2.27. The molecule has 1 atom stereocenters. The van der Waals surface area contributed by atoms with Crippen molar-refractivity contribution in [1.29, 1.82) is 0 Å². The zero-order valence-corrected chi connectivity index (χ0v) is 11.5. The van der Waals surface area contributed by atoms with Crippen LogP contribution in [0.2, 0.25) is 0 Å². The summed E-state index contributed by atoms with van der Waals surface area (Å²) in [6, 6.07) is 0. The number of carbonyl (C=O) groups is 2. The predicted octanol–water partition coefficient (Wildman–Crippen LogP) is 2.12. The predicted molar refractivity (Wildman–Crippen MR) is 70.4 cm³/mol. The molecule has 1 spiro atoms. The first-order valence-electron chi connectivity index (χ1n) is 7.60. The minimum atomic E-state index is -0.152. The third kappa shape index (κ3) is 2.77. The summed E-state index contributed by atoms with van der Waals surface area (Å²) in [7, 11) is 0. The van der Waals surface area contributed by atoms with Gasteiger partial charge in [-0.25, -0.2) is 0 Å². The lowest BCUT2D eigenvalue weighted by molar-refractivity contribution is -0.138. The second-order valence-corrected chi connectivity index (χ2v) is 6.55. The Bertz CT molecular complexity index is 364. The van der Waals surface area contributed by atoms with E-state index in [4.69, 9.17) is 4.74 Å². The van der Waals surface area contributed by atoms with E-state index in [0.717, 1.165) is 13.1 Å². The van der Waals surface area contributed by atoms with Crippen LogP contribution in [0, 0.1) is 11.3 Å². The molecule has 0 aromatic rings. The molecule has 2 aliphatic heterocycles. The van der Waals surface area contributed by atoms with E-state index >= 15 is 0 Å². The largest absolute Gasteiger partial charge is 0.465 e. The molecular formula is C15H23NO3. The summed E-state index contributed by atoms with van der Waals surface area (Å²) < 4.78 is 4.92. The molecule has 0 aromatic heterocycles. The zero-order chi connectivity index (χ0) is 13.3. The highest BCUT2D eigenvalue weighted by Crippen LogP contribution is 2.46. The zero-order valence-electron chi connectivity index (χ0n) is 11.5. The standard InChI is InChI=1S/C15H23NO3/c17-13(9-12-10-14(18)19-11-12)16-7-5-15(6-8-16)3-1-2-4-15/h12H,1-11H2. The van der Waals surface area contributed by atoms with Crippen molar-refractivity contribution in [2.75, 3.05) is 19.7 Å². The molecule has 2 saturated heterocycles. The molecule has 3 rings (SSSR count). The summed E-state index contributed by atoms with van der Waals surface area (Å²) in [5, 5.41) is 0. The quantitative estimate of drug-likeness (QED) is 0.718. The van der Waals surface area contributed by atoms with Crippen molar-refractivity contribution in [3.05, 3.63) is 0 Å². The maximum absolute atomic E-state index is 12.2. The van der Waals surface area contributed by atoms with Crippen LogP contribution in [0.3, 0.4) is 0 Å². The van der Waals surface area contributed by atoms with E-state index in [1.807, 2.05) is 4.90 Å². The molecule has 1 unspecified atom stereocenters. The number of carbonyl (C=O) groups excluding carboxylic acids is 2. The van der Waals surface area contributed by atoms with Crippen LogP contribution in [0.5, 0.6) is 0 Å². The molecule has 19 heavy (non-hydrogen) atoms. The molecule has 0 bridgehead atoms. The Hall–Kier alpha value is -1.06. The highest BCUT2D eigenvalue weighted by Gasteiger charge is 2.38. The van der Waals surface area contributed by atoms with Crippen LogP contribution in [0.25, 0.3) is 0 Å². The fourth-order valence-electron chi connectivity index (χ4n) is 3.93. The smallest absolute Gasteiger partial charge is 0.306 e. The molecule has 1 saturated carbocycles. The van der Waals surface area contributed by atoms with Crippen molar-refractivity contribution in [3.8, 4) is 0 Å². The van der Waals surface area contributed by atoms with Gasteiger partial charge in [0.2, 0.25) is 5.91 Å². The van der Waals surface area contributed by atoms with E-state index in [9.17, 15) is 9.59 Å². The third-order valence-corrected chi connectivity index (χ3v) is 5.24. The monoisotopic (exact) mass is 265 g/mol. The first-order chi connectivity index (χ1) is 9.17. The van der Waals surface area contributed by atoms with Crippen LogP contribution in [0.15, 0.2) is 0 Å². The van der Waals surface area contributed by atoms with E-state index < -0.39 is 0 Å². The Morgan fingerprint density at radius 2 is 1.89 bits per heavy atom. The third-order valence-electron chi connectivity index (χ3n) is 5.24. The van der Waals surface area contributed by atoms with Crippen molar-refractivity contribution >= 4 is 11.9 Å². The SMILES string of the molecule is O=C1CC(CC(=O)N2CCC3(CCCC3)CC2)CO1. The highest BCUT2D eigenvalue weighted by molar-refractivity contribution is 5.78. The highest BCUT2D eigenvalue weighted by atomic mass is 16.5. The number of piperidine rings is 1. The van der Waals surface area contributed by atoms with E-state index in [1.54, 1.807) is 0 Å². The van der Waals surface area contributed by atoms with Crippen molar-refractivity contribution in [3.63, 3.8) is 0 Å². The molecule has 1 aliphatic carbocycles. The second kappa shape index (κ2) is 5.14. The van der Waals surface area contributed by atoms with Gasteiger partial charge in [-0.05, 0) is 31.1 Å². The van der Waals surface area contributed by atoms with Gasteiger partial charge in [0.25, 0.3) is 0 Å². The van der Waals surface area contributed by atoms with Gasteiger partial charge in [-0.2, -0.15) is 0 Å². The lowest BCUT2D eigenvalue weighted by Crippen LogP contribution is -2.42. The number of amides is 1. The van der Waals surface area contributed by atoms with Gasteiger partial charge >= 0.3 is 5.97 Å². The molecule has 0 N–H and O–H groups in total. The molecular weight excluding hydrogens is 242 g/mol. The molecule has 4 nitrogen and oxygen atoms in total. The van der Waals surface area contributed by atoms with Crippen molar-refractivity contribution in [2.24, 2.45) is 11.3 Å². The average molecular weight is 265 g/mol. The Morgan fingerprint density at radius 1 is 1.21 bits per heavy atom. The summed E-state index contributed by atoms with van der Waals surface area (Å²) in [5.41, 5.74) is 0.559. The fourth-order valence-corrected chi connectivity index (χ4v) is 3.93. The Labute approximate surface area is 114 Å². The van der Waals surface area contributed by atoms with Gasteiger partial charge < -0.3 is 9.64 Å². The molecule has 3 aliphatic rings. The normalized spacial score (nSPS) is 29.8. The molecule has 106 valence electrons. The summed E-state index contributed by atoms with van der Waals surface area (Å²) in [5.74, 6) is 0.180. The van der Waals surface area contributed by atoms with Crippen LogP contribution >= 0.6 is 0 Å². The van der Waals surface area contributed by atoms with Crippen LogP contribution in [-0.4, -0.2) is 36.5 Å². The van der Waals surface area contributed by atoms with Crippen LogP contribution < -0.4 is 0 Å². The van der Waals surface area contributed by atoms with Crippen molar-refractivity contribution in [2.45, 2.75) is 51.4 Å². The van der Waals surface area contributed by atoms with Crippen LogP contribution in [-0.2, 0) is 14.3 Å². The average Bonchev–Trinajstić information content (AvgIpc) is 3.00. The van der Waals surface area contributed by atoms with Crippen LogP contribution in [0.1, 0.15) is 51.4 Å². The summed E-state index contributed by atoms with van der Waals surface area (Å²) in [4.78, 5) is 25.3. The lowest BCUT2D eigenvalue weighted by atomic mass is 9.77.